The zero-order valence-corrected chi connectivity index (χ0v) is 22.7. The molecule has 1 fully saturated rings. The fourth-order valence-electron chi connectivity index (χ4n) is 4.84. The summed E-state index contributed by atoms with van der Waals surface area (Å²) in [7, 11) is 1.62. The molecule has 204 valence electrons. The Morgan fingerprint density at radius 3 is 2.45 bits per heavy atom. The van der Waals surface area contributed by atoms with Crippen LogP contribution in [0.25, 0.3) is 0 Å². The first kappa shape index (κ1) is 29.1. The van der Waals surface area contributed by atoms with E-state index in [-0.39, 0.29) is 12.5 Å². The first-order chi connectivity index (χ1) is 18.3. The molecular weight excluding hydrogens is 482 g/mol. The predicted molar refractivity (Wildman–Crippen MR) is 147 cm³/mol. The van der Waals surface area contributed by atoms with E-state index in [0.717, 1.165) is 16.9 Å². The van der Waals surface area contributed by atoms with Crippen LogP contribution in [-0.4, -0.2) is 54.0 Å². The van der Waals surface area contributed by atoms with Gasteiger partial charge in [0, 0.05) is 11.8 Å². The Morgan fingerprint density at radius 2 is 1.82 bits per heavy atom. The van der Waals surface area contributed by atoms with Gasteiger partial charge in [-0.1, -0.05) is 88.0 Å². The quantitative estimate of drug-likeness (QED) is 0.366. The lowest BCUT2D eigenvalue weighted by Gasteiger charge is -2.34. The van der Waals surface area contributed by atoms with E-state index >= 15 is 0 Å². The van der Waals surface area contributed by atoms with Gasteiger partial charge in [-0.3, -0.25) is 4.79 Å². The van der Waals surface area contributed by atoms with Crippen molar-refractivity contribution in [3.05, 3.63) is 90.5 Å². The van der Waals surface area contributed by atoms with Crippen LogP contribution in [0.4, 0.5) is 4.79 Å². The number of benzene rings is 2. The fourth-order valence-corrected chi connectivity index (χ4v) is 4.84. The summed E-state index contributed by atoms with van der Waals surface area (Å²) in [4.78, 5) is 27.2. The molecular formula is C31H39NO6. The molecule has 6 atom stereocenters. The molecule has 1 aliphatic rings. The SMILES string of the molecule is C=C/C=C/C(C)C(OCc1ccc(OC)cc1)C(C)C(O)C(C)C(=O)N1C(=O)OCC1Cc1ccccc1. The molecule has 2 amide bonds. The number of ether oxygens (including phenoxy) is 3. The Kier molecular flexibility index (Phi) is 10.7. The largest absolute Gasteiger partial charge is 0.497 e. The number of aliphatic hydroxyl groups excluding tert-OH is 1. The van der Waals surface area contributed by atoms with Gasteiger partial charge in [0.05, 0.1) is 37.9 Å². The highest BCUT2D eigenvalue weighted by molar-refractivity contribution is 5.95. The molecule has 6 unspecified atom stereocenters. The van der Waals surface area contributed by atoms with E-state index in [0.29, 0.717) is 13.0 Å². The van der Waals surface area contributed by atoms with Crippen molar-refractivity contribution >= 4 is 12.0 Å². The maximum Gasteiger partial charge on any atom is 0.416 e. The third kappa shape index (κ3) is 7.33. The van der Waals surface area contributed by atoms with Gasteiger partial charge in [-0.25, -0.2) is 9.69 Å². The Bertz CT molecular complexity index is 1080. The smallest absolute Gasteiger partial charge is 0.416 e. The van der Waals surface area contributed by atoms with Gasteiger partial charge in [0.25, 0.3) is 0 Å². The van der Waals surface area contributed by atoms with Gasteiger partial charge in [-0.05, 0) is 29.7 Å². The molecule has 3 rings (SSSR count). The molecule has 0 saturated carbocycles. The minimum atomic E-state index is -1.05. The number of imide groups is 1. The van der Waals surface area contributed by atoms with E-state index in [1.165, 1.54) is 4.90 Å². The summed E-state index contributed by atoms with van der Waals surface area (Å²) in [5.41, 5.74) is 1.97. The molecule has 7 nitrogen and oxygen atoms in total. The number of nitrogens with zero attached hydrogens (tertiary/aromatic N) is 1. The summed E-state index contributed by atoms with van der Waals surface area (Å²) in [5.74, 6) is -1.01. The second-order valence-electron chi connectivity index (χ2n) is 9.87. The number of carbonyl (C=O) groups is 2. The summed E-state index contributed by atoms with van der Waals surface area (Å²) in [6, 6.07) is 16.8. The Morgan fingerprint density at radius 1 is 1.13 bits per heavy atom. The average Bonchev–Trinajstić information content (AvgIpc) is 3.30. The van der Waals surface area contributed by atoms with Gasteiger partial charge in [0.15, 0.2) is 0 Å². The van der Waals surface area contributed by atoms with Crippen LogP contribution < -0.4 is 4.74 Å². The molecule has 2 aromatic rings. The maximum atomic E-state index is 13.5. The summed E-state index contributed by atoms with van der Waals surface area (Å²) in [6.45, 7) is 9.73. The van der Waals surface area contributed by atoms with Crippen molar-refractivity contribution in [2.45, 2.75) is 52.0 Å². The van der Waals surface area contributed by atoms with Crippen LogP contribution in [0.5, 0.6) is 5.75 Å². The Hall–Kier alpha value is -3.42. The third-order valence-corrected chi connectivity index (χ3v) is 7.14. The Labute approximate surface area is 225 Å². The minimum absolute atomic E-state index is 0.0687. The van der Waals surface area contributed by atoms with Gasteiger partial charge in [0.1, 0.15) is 12.4 Å². The number of carbonyl (C=O) groups excluding carboxylic acids is 2. The van der Waals surface area contributed by atoms with Gasteiger partial charge in [-0.15, -0.1) is 0 Å². The van der Waals surface area contributed by atoms with Gasteiger partial charge >= 0.3 is 6.09 Å². The zero-order chi connectivity index (χ0) is 27.7. The first-order valence-electron chi connectivity index (χ1n) is 13.0. The van der Waals surface area contributed by atoms with E-state index in [1.807, 2.05) is 80.6 Å². The summed E-state index contributed by atoms with van der Waals surface area (Å²) in [5, 5.41) is 11.3. The number of cyclic esters (lactones) is 1. The van der Waals surface area contributed by atoms with Crippen molar-refractivity contribution < 1.29 is 28.9 Å². The Balaban J connectivity index is 1.73. The summed E-state index contributed by atoms with van der Waals surface area (Å²) >= 11 is 0. The first-order valence-corrected chi connectivity index (χ1v) is 13.0. The molecule has 38 heavy (non-hydrogen) atoms. The molecule has 1 saturated heterocycles. The van der Waals surface area contributed by atoms with Crippen LogP contribution in [0.3, 0.4) is 0 Å². The average molecular weight is 522 g/mol. The van der Waals surface area contributed by atoms with Gasteiger partial charge in [-0.2, -0.15) is 0 Å². The molecule has 2 aromatic carbocycles. The van der Waals surface area contributed by atoms with Crippen molar-refractivity contribution in [2.24, 2.45) is 17.8 Å². The predicted octanol–water partition coefficient (Wildman–Crippen LogP) is 5.18. The molecule has 0 bridgehead atoms. The second-order valence-corrected chi connectivity index (χ2v) is 9.87. The number of hydrogen-bond acceptors (Lipinski definition) is 6. The van der Waals surface area contributed by atoms with Crippen LogP contribution in [0, 0.1) is 17.8 Å². The van der Waals surface area contributed by atoms with E-state index in [4.69, 9.17) is 14.2 Å². The molecule has 0 aliphatic carbocycles. The number of methoxy groups -OCH3 is 1. The van der Waals surface area contributed by atoms with Crippen LogP contribution in [0.2, 0.25) is 0 Å². The van der Waals surface area contributed by atoms with Crippen molar-refractivity contribution in [2.75, 3.05) is 13.7 Å². The highest BCUT2D eigenvalue weighted by atomic mass is 16.6. The van der Waals surface area contributed by atoms with E-state index in [2.05, 4.69) is 6.58 Å². The van der Waals surface area contributed by atoms with Crippen molar-refractivity contribution in [3.63, 3.8) is 0 Å². The normalized spacial score (nSPS) is 19.4. The highest BCUT2D eigenvalue weighted by Gasteiger charge is 2.43. The molecule has 0 spiro atoms. The standard InChI is InChI=1S/C31H39NO6/c1-6-7-11-21(2)29(37-19-25-14-16-27(36-5)17-15-25)22(3)28(33)23(4)30(34)32-26(20-38-31(32)35)18-24-12-9-8-10-13-24/h6-17,21-23,26,28-29,33H,1,18-20H2,2-5H3/b11-7+. The number of allylic oxidation sites excluding steroid dienone is 2. The molecule has 1 N–H and O–H groups in total. The van der Waals surface area contributed by atoms with Crippen molar-refractivity contribution in [1.29, 1.82) is 0 Å². The van der Waals surface area contributed by atoms with Gasteiger partial charge < -0.3 is 19.3 Å². The topological polar surface area (TPSA) is 85.3 Å². The van der Waals surface area contributed by atoms with Crippen molar-refractivity contribution in [3.8, 4) is 5.75 Å². The third-order valence-electron chi connectivity index (χ3n) is 7.14. The minimum Gasteiger partial charge on any atom is -0.497 e. The van der Waals surface area contributed by atoms with Crippen molar-refractivity contribution in [1.82, 2.24) is 4.90 Å². The van der Waals surface area contributed by atoms with Crippen LogP contribution in [0.1, 0.15) is 31.9 Å². The summed E-state index contributed by atoms with van der Waals surface area (Å²) < 4.78 is 16.8. The lowest BCUT2D eigenvalue weighted by atomic mass is 9.83. The molecule has 0 radical (unpaired) electrons. The number of amides is 2. The molecule has 1 heterocycles. The zero-order valence-electron chi connectivity index (χ0n) is 22.7. The highest BCUT2D eigenvalue weighted by Crippen LogP contribution is 2.29. The number of rotatable bonds is 13. The maximum absolute atomic E-state index is 13.5. The van der Waals surface area contributed by atoms with E-state index < -0.39 is 42.1 Å². The summed E-state index contributed by atoms with van der Waals surface area (Å²) in [6.07, 6.45) is 3.88. The van der Waals surface area contributed by atoms with E-state index in [9.17, 15) is 14.7 Å². The van der Waals surface area contributed by atoms with Gasteiger partial charge in [0.2, 0.25) is 5.91 Å². The monoisotopic (exact) mass is 521 g/mol. The number of hydrogen-bond donors (Lipinski definition) is 1. The number of aliphatic hydroxyl groups is 1. The molecule has 0 aromatic heterocycles. The fraction of sp³-hybridized carbons (Fsp3) is 0.419. The van der Waals surface area contributed by atoms with Crippen LogP contribution >= 0.6 is 0 Å². The van der Waals surface area contributed by atoms with E-state index in [1.54, 1.807) is 20.1 Å². The van der Waals surface area contributed by atoms with Crippen LogP contribution in [-0.2, 0) is 27.3 Å². The lowest BCUT2D eigenvalue weighted by molar-refractivity contribution is -0.140. The molecule has 1 aliphatic heterocycles. The molecule has 7 heteroatoms. The second kappa shape index (κ2) is 13.9. The van der Waals surface area contributed by atoms with Crippen LogP contribution in [0.15, 0.2) is 79.4 Å². The lowest BCUT2D eigenvalue weighted by Crippen LogP contribution is -2.48.